The molecule has 1 saturated heterocycles. The first kappa shape index (κ1) is 17.0. The molecule has 1 aliphatic rings. The summed E-state index contributed by atoms with van der Waals surface area (Å²) in [5, 5.41) is 12.4. The van der Waals surface area contributed by atoms with Crippen LogP contribution in [-0.2, 0) is 16.0 Å². The van der Waals surface area contributed by atoms with Crippen molar-refractivity contribution in [3.05, 3.63) is 35.2 Å². The van der Waals surface area contributed by atoms with Crippen molar-refractivity contribution in [3.63, 3.8) is 0 Å². The number of hydrogen-bond donors (Lipinski definition) is 1. The van der Waals surface area contributed by atoms with E-state index >= 15 is 0 Å². The van der Waals surface area contributed by atoms with E-state index in [0.29, 0.717) is 19.5 Å². The van der Waals surface area contributed by atoms with E-state index in [9.17, 15) is 9.59 Å². The van der Waals surface area contributed by atoms with Gasteiger partial charge >= 0.3 is 5.97 Å². The first-order valence-electron chi connectivity index (χ1n) is 8.58. The van der Waals surface area contributed by atoms with Crippen molar-refractivity contribution in [2.45, 2.75) is 38.5 Å². The number of fused-ring (bicyclic) bond motifs is 1. The number of aryl methyl sites for hydroxylation is 1. The van der Waals surface area contributed by atoms with E-state index in [1.807, 2.05) is 4.90 Å². The van der Waals surface area contributed by atoms with Gasteiger partial charge in [0.15, 0.2) is 0 Å². The van der Waals surface area contributed by atoms with Crippen LogP contribution in [0.2, 0.25) is 0 Å². The minimum atomic E-state index is -0.734. The van der Waals surface area contributed by atoms with Crippen LogP contribution in [0.25, 0.3) is 10.1 Å². The number of aliphatic carboxylic acids is 1. The number of nitrogens with zero attached hydrogens (tertiary/aromatic N) is 1. The molecular weight excluding hydrogens is 322 g/mol. The largest absolute Gasteiger partial charge is 0.481 e. The number of likely N-dealkylation sites (tertiary alicyclic amines) is 1. The van der Waals surface area contributed by atoms with Gasteiger partial charge in [-0.15, -0.1) is 11.3 Å². The fourth-order valence-electron chi connectivity index (χ4n) is 3.45. The van der Waals surface area contributed by atoms with Crippen LogP contribution in [0.4, 0.5) is 0 Å². The minimum absolute atomic E-state index is 0.211. The molecule has 0 radical (unpaired) electrons. The van der Waals surface area contributed by atoms with Crippen molar-refractivity contribution < 1.29 is 14.7 Å². The smallest absolute Gasteiger partial charge is 0.303 e. The molecule has 5 heteroatoms. The molecule has 2 aromatic rings. The van der Waals surface area contributed by atoms with Crippen molar-refractivity contribution in [1.29, 1.82) is 0 Å². The Labute approximate surface area is 146 Å². The lowest BCUT2D eigenvalue weighted by Crippen LogP contribution is -2.38. The Bertz CT molecular complexity index is 716. The Morgan fingerprint density at radius 1 is 1.21 bits per heavy atom. The van der Waals surface area contributed by atoms with Crippen LogP contribution in [0.1, 0.15) is 37.7 Å². The number of carbonyl (C=O) groups excluding carboxylic acids is 1. The highest BCUT2D eigenvalue weighted by atomic mass is 32.1. The number of hydrogen-bond acceptors (Lipinski definition) is 3. The van der Waals surface area contributed by atoms with E-state index < -0.39 is 5.97 Å². The molecule has 0 atom stereocenters. The number of carbonyl (C=O) groups is 2. The second-order valence-electron chi connectivity index (χ2n) is 6.53. The molecule has 0 aliphatic carbocycles. The summed E-state index contributed by atoms with van der Waals surface area (Å²) in [7, 11) is 0. The van der Waals surface area contributed by atoms with Gasteiger partial charge in [0.2, 0.25) is 5.91 Å². The average Bonchev–Trinajstić information content (AvgIpc) is 2.98. The molecule has 24 heavy (non-hydrogen) atoms. The number of carboxylic acid groups (broad SMARTS) is 1. The highest BCUT2D eigenvalue weighted by Crippen LogP contribution is 2.27. The summed E-state index contributed by atoms with van der Waals surface area (Å²) in [5.74, 6) is -0.296. The molecule has 0 unspecified atom stereocenters. The van der Waals surface area contributed by atoms with Gasteiger partial charge in [-0.05, 0) is 54.0 Å². The van der Waals surface area contributed by atoms with Crippen LogP contribution in [0.3, 0.4) is 0 Å². The van der Waals surface area contributed by atoms with Gasteiger partial charge < -0.3 is 10.0 Å². The molecule has 1 amide bonds. The van der Waals surface area contributed by atoms with Gasteiger partial charge in [0.1, 0.15) is 0 Å². The van der Waals surface area contributed by atoms with Crippen LogP contribution in [0.5, 0.6) is 0 Å². The number of carboxylic acids is 1. The Morgan fingerprint density at radius 3 is 2.71 bits per heavy atom. The van der Waals surface area contributed by atoms with Gasteiger partial charge in [-0.25, -0.2) is 0 Å². The van der Waals surface area contributed by atoms with Crippen LogP contribution in [0.15, 0.2) is 29.6 Å². The van der Waals surface area contributed by atoms with Crippen molar-refractivity contribution >= 4 is 33.3 Å². The summed E-state index contributed by atoms with van der Waals surface area (Å²) in [6, 6.07) is 8.40. The standard InChI is InChI=1S/C19H23NO3S/c21-18(20-10-8-14(9-11-20)12-19(22)23)7-3-4-15-13-24-17-6-2-1-5-16(15)17/h1-2,5-6,13-14H,3-4,7-12H2,(H,22,23). The Balaban J connectivity index is 1.44. The van der Waals surface area contributed by atoms with Gasteiger partial charge in [0, 0.05) is 30.6 Å². The van der Waals surface area contributed by atoms with E-state index in [2.05, 4.69) is 29.6 Å². The van der Waals surface area contributed by atoms with Gasteiger partial charge in [0.05, 0.1) is 0 Å². The third kappa shape index (κ3) is 4.15. The van der Waals surface area contributed by atoms with Crippen LogP contribution < -0.4 is 0 Å². The van der Waals surface area contributed by atoms with Crippen molar-refractivity contribution in [1.82, 2.24) is 4.90 Å². The predicted molar refractivity (Wildman–Crippen MR) is 96.3 cm³/mol. The van der Waals surface area contributed by atoms with Crippen molar-refractivity contribution in [2.75, 3.05) is 13.1 Å². The zero-order valence-corrected chi connectivity index (χ0v) is 14.6. The number of rotatable bonds is 6. The molecular formula is C19H23NO3S. The molecule has 0 spiro atoms. The topological polar surface area (TPSA) is 57.6 Å². The maximum absolute atomic E-state index is 12.3. The van der Waals surface area contributed by atoms with E-state index in [1.165, 1.54) is 15.6 Å². The molecule has 1 N–H and O–H groups in total. The Hall–Kier alpha value is -1.88. The Kier molecular flexibility index (Phi) is 5.51. The highest BCUT2D eigenvalue weighted by molar-refractivity contribution is 7.17. The van der Waals surface area contributed by atoms with Crippen molar-refractivity contribution in [3.8, 4) is 0 Å². The van der Waals surface area contributed by atoms with Gasteiger partial charge in [0.25, 0.3) is 0 Å². The Morgan fingerprint density at radius 2 is 1.96 bits per heavy atom. The molecule has 0 saturated carbocycles. The van der Waals surface area contributed by atoms with E-state index in [0.717, 1.165) is 25.7 Å². The molecule has 2 heterocycles. The fraction of sp³-hybridized carbons (Fsp3) is 0.474. The SMILES string of the molecule is O=C(O)CC1CCN(C(=O)CCCc2csc3ccccc23)CC1. The van der Waals surface area contributed by atoms with E-state index in [4.69, 9.17) is 5.11 Å². The average molecular weight is 345 g/mol. The zero-order chi connectivity index (χ0) is 16.9. The molecule has 128 valence electrons. The maximum Gasteiger partial charge on any atom is 0.303 e. The quantitative estimate of drug-likeness (QED) is 0.863. The lowest BCUT2D eigenvalue weighted by atomic mass is 9.93. The minimum Gasteiger partial charge on any atom is -0.481 e. The number of thiophene rings is 1. The highest BCUT2D eigenvalue weighted by Gasteiger charge is 2.23. The first-order valence-corrected chi connectivity index (χ1v) is 9.46. The van der Waals surface area contributed by atoms with Crippen LogP contribution in [0, 0.1) is 5.92 Å². The molecule has 1 fully saturated rings. The molecule has 1 aromatic carbocycles. The zero-order valence-electron chi connectivity index (χ0n) is 13.7. The lowest BCUT2D eigenvalue weighted by Gasteiger charge is -2.31. The molecule has 1 aromatic heterocycles. The summed E-state index contributed by atoms with van der Waals surface area (Å²) in [4.78, 5) is 25.0. The second-order valence-corrected chi connectivity index (χ2v) is 7.44. The number of benzene rings is 1. The molecule has 4 nitrogen and oxygen atoms in total. The van der Waals surface area contributed by atoms with Crippen molar-refractivity contribution in [2.24, 2.45) is 5.92 Å². The summed E-state index contributed by atoms with van der Waals surface area (Å²) in [5.41, 5.74) is 1.34. The lowest BCUT2D eigenvalue weighted by molar-refractivity contribution is -0.138. The fourth-order valence-corrected chi connectivity index (χ4v) is 4.45. The third-order valence-corrected chi connectivity index (χ3v) is 5.84. The molecule has 3 rings (SSSR count). The van der Waals surface area contributed by atoms with Crippen LogP contribution >= 0.6 is 11.3 Å². The normalized spacial score (nSPS) is 15.8. The number of piperidine rings is 1. The maximum atomic E-state index is 12.3. The summed E-state index contributed by atoms with van der Waals surface area (Å²) < 4.78 is 1.30. The predicted octanol–water partition coefficient (Wildman–Crippen LogP) is 3.94. The summed E-state index contributed by atoms with van der Waals surface area (Å²) in [6.45, 7) is 1.41. The first-order chi connectivity index (χ1) is 11.6. The van der Waals surface area contributed by atoms with Gasteiger partial charge in [-0.3, -0.25) is 9.59 Å². The number of amides is 1. The molecule has 0 bridgehead atoms. The van der Waals surface area contributed by atoms with E-state index in [1.54, 1.807) is 11.3 Å². The molecule has 1 aliphatic heterocycles. The van der Waals surface area contributed by atoms with Crippen LogP contribution in [-0.4, -0.2) is 35.0 Å². The monoisotopic (exact) mass is 345 g/mol. The van der Waals surface area contributed by atoms with E-state index in [-0.39, 0.29) is 18.2 Å². The second kappa shape index (κ2) is 7.79. The summed E-state index contributed by atoms with van der Waals surface area (Å²) in [6.07, 6.45) is 4.24. The van der Waals surface area contributed by atoms with Gasteiger partial charge in [-0.2, -0.15) is 0 Å². The summed E-state index contributed by atoms with van der Waals surface area (Å²) >= 11 is 1.76. The van der Waals surface area contributed by atoms with Gasteiger partial charge in [-0.1, -0.05) is 18.2 Å². The third-order valence-electron chi connectivity index (χ3n) is 4.83.